The highest BCUT2D eigenvalue weighted by molar-refractivity contribution is 9.10. The summed E-state index contributed by atoms with van der Waals surface area (Å²) in [6.07, 6.45) is 2.95. The van der Waals surface area contributed by atoms with E-state index >= 15 is 0 Å². The van der Waals surface area contributed by atoms with E-state index in [2.05, 4.69) is 27.3 Å². The molecule has 2 aromatic rings. The molecule has 1 N–H and O–H groups in total. The fraction of sp³-hybridized carbons (Fsp3) is 0.300. The molecule has 0 heterocycles. The molecule has 1 aliphatic carbocycles. The number of carbonyl (C=O) groups is 2. The van der Waals surface area contributed by atoms with Crippen LogP contribution in [0.4, 0.5) is 0 Å². The van der Waals surface area contributed by atoms with Crippen molar-refractivity contribution in [2.45, 2.75) is 25.3 Å². The Morgan fingerprint density at radius 3 is 2.81 bits per heavy atom. The van der Waals surface area contributed by atoms with Crippen LogP contribution in [0.15, 0.2) is 53.0 Å². The number of fused-ring (bicyclic) bond motifs is 1. The summed E-state index contributed by atoms with van der Waals surface area (Å²) in [5, 5.41) is 2.95. The fourth-order valence-electron chi connectivity index (χ4n) is 3.03. The van der Waals surface area contributed by atoms with Crippen LogP contribution in [-0.4, -0.2) is 25.1 Å². The Bertz CT molecular complexity index is 793. The van der Waals surface area contributed by atoms with Gasteiger partial charge in [-0.05, 0) is 48.6 Å². The Labute approximate surface area is 160 Å². The van der Waals surface area contributed by atoms with Crippen LogP contribution in [0.5, 0.6) is 5.75 Å². The maximum absolute atomic E-state index is 12.1. The molecule has 0 radical (unpaired) electrons. The lowest BCUT2D eigenvalue weighted by Crippen LogP contribution is -2.34. The number of ether oxygens (including phenoxy) is 2. The molecule has 0 bridgehead atoms. The summed E-state index contributed by atoms with van der Waals surface area (Å²) >= 11 is 3.33. The summed E-state index contributed by atoms with van der Waals surface area (Å²) in [7, 11) is 0. The minimum atomic E-state index is -0.579. The predicted molar refractivity (Wildman–Crippen MR) is 101 cm³/mol. The molecule has 1 aliphatic rings. The summed E-state index contributed by atoms with van der Waals surface area (Å²) in [6.45, 7) is -0.546. The molecule has 0 spiro atoms. The average molecular weight is 418 g/mol. The molecule has 1 unspecified atom stereocenters. The number of rotatable bonds is 6. The molecule has 1 amide bonds. The van der Waals surface area contributed by atoms with Crippen molar-refractivity contribution in [2.75, 3.05) is 13.2 Å². The van der Waals surface area contributed by atoms with Gasteiger partial charge in [-0.15, -0.1) is 0 Å². The molecular weight excluding hydrogens is 398 g/mol. The smallest absolute Gasteiger partial charge is 0.344 e. The number of amides is 1. The van der Waals surface area contributed by atoms with Crippen LogP contribution in [0.2, 0.25) is 0 Å². The van der Waals surface area contributed by atoms with Crippen LogP contribution in [0, 0.1) is 0 Å². The monoisotopic (exact) mass is 417 g/mol. The second-order valence-corrected chi connectivity index (χ2v) is 7.03. The molecular formula is C20H20BrNO4. The third-order valence-electron chi connectivity index (χ3n) is 4.22. The Kier molecular flexibility index (Phi) is 6.28. The van der Waals surface area contributed by atoms with E-state index in [1.807, 2.05) is 24.3 Å². The van der Waals surface area contributed by atoms with Crippen molar-refractivity contribution < 1.29 is 19.1 Å². The molecule has 2 aromatic carbocycles. The van der Waals surface area contributed by atoms with Crippen molar-refractivity contribution in [1.29, 1.82) is 0 Å². The van der Waals surface area contributed by atoms with E-state index in [0.717, 1.165) is 29.3 Å². The maximum Gasteiger partial charge on any atom is 0.344 e. The highest BCUT2D eigenvalue weighted by atomic mass is 79.9. The molecule has 1 atom stereocenters. The van der Waals surface area contributed by atoms with Gasteiger partial charge in [-0.25, -0.2) is 4.79 Å². The van der Waals surface area contributed by atoms with Gasteiger partial charge in [-0.2, -0.15) is 0 Å². The van der Waals surface area contributed by atoms with Crippen LogP contribution in [-0.2, 0) is 20.7 Å². The zero-order chi connectivity index (χ0) is 18.4. The fourth-order valence-corrected chi connectivity index (χ4v) is 3.40. The van der Waals surface area contributed by atoms with Crippen molar-refractivity contribution in [2.24, 2.45) is 0 Å². The van der Waals surface area contributed by atoms with E-state index in [1.165, 1.54) is 5.56 Å². The number of esters is 1. The van der Waals surface area contributed by atoms with Crippen LogP contribution >= 0.6 is 15.9 Å². The van der Waals surface area contributed by atoms with Crippen molar-refractivity contribution in [3.63, 3.8) is 0 Å². The lowest BCUT2D eigenvalue weighted by molar-refractivity contribution is -0.150. The van der Waals surface area contributed by atoms with E-state index in [4.69, 9.17) is 9.47 Å². The summed E-state index contributed by atoms with van der Waals surface area (Å²) in [5.74, 6) is -0.328. The van der Waals surface area contributed by atoms with Crippen molar-refractivity contribution in [1.82, 2.24) is 5.32 Å². The topological polar surface area (TPSA) is 64.6 Å². The van der Waals surface area contributed by atoms with E-state index in [-0.39, 0.29) is 25.2 Å². The minimum Gasteiger partial charge on any atom is -0.482 e. The number of carbonyl (C=O) groups excluding carboxylic acids is 2. The van der Waals surface area contributed by atoms with E-state index in [1.54, 1.807) is 18.2 Å². The summed E-state index contributed by atoms with van der Waals surface area (Å²) < 4.78 is 11.2. The number of hydrogen-bond donors (Lipinski definition) is 1. The van der Waals surface area contributed by atoms with Gasteiger partial charge in [0.1, 0.15) is 5.75 Å². The lowest BCUT2D eigenvalue weighted by atomic mass is 9.88. The van der Waals surface area contributed by atoms with Gasteiger partial charge in [0.05, 0.1) is 6.04 Å². The minimum absolute atomic E-state index is 0.0240. The number of nitrogens with one attached hydrogen (secondary N) is 1. The summed E-state index contributed by atoms with van der Waals surface area (Å²) in [6, 6.07) is 15.2. The molecule has 0 fully saturated rings. The molecule has 0 saturated heterocycles. The first kappa shape index (κ1) is 18.5. The van der Waals surface area contributed by atoms with Crippen LogP contribution in [0.3, 0.4) is 0 Å². The van der Waals surface area contributed by atoms with Crippen molar-refractivity contribution in [3.05, 3.63) is 64.1 Å². The number of hydrogen-bond acceptors (Lipinski definition) is 4. The largest absolute Gasteiger partial charge is 0.482 e. The first-order chi connectivity index (χ1) is 12.6. The van der Waals surface area contributed by atoms with Gasteiger partial charge >= 0.3 is 5.97 Å². The third kappa shape index (κ3) is 5.08. The maximum atomic E-state index is 12.1. The van der Waals surface area contributed by atoms with Gasteiger partial charge in [0, 0.05) is 4.47 Å². The summed E-state index contributed by atoms with van der Waals surface area (Å²) in [4.78, 5) is 23.9. The lowest BCUT2D eigenvalue weighted by Gasteiger charge is -2.26. The van der Waals surface area contributed by atoms with Crippen LogP contribution < -0.4 is 10.1 Å². The molecule has 3 rings (SSSR count). The third-order valence-corrected chi connectivity index (χ3v) is 4.71. The Hall–Kier alpha value is -2.34. The highest BCUT2D eigenvalue weighted by Gasteiger charge is 2.21. The van der Waals surface area contributed by atoms with Gasteiger partial charge in [0.2, 0.25) is 0 Å². The van der Waals surface area contributed by atoms with E-state index in [9.17, 15) is 9.59 Å². The van der Waals surface area contributed by atoms with Crippen molar-refractivity contribution >= 4 is 27.8 Å². The SMILES string of the molecule is O=C(COC(=O)COc1cccc(Br)c1)NC1CCCc2ccccc21. The zero-order valence-electron chi connectivity index (χ0n) is 14.2. The highest BCUT2D eigenvalue weighted by Crippen LogP contribution is 2.29. The van der Waals surface area contributed by atoms with Crippen LogP contribution in [0.1, 0.15) is 30.0 Å². The Balaban J connectivity index is 1.43. The van der Waals surface area contributed by atoms with Gasteiger partial charge in [0.25, 0.3) is 5.91 Å². The van der Waals surface area contributed by atoms with Gasteiger partial charge < -0.3 is 14.8 Å². The van der Waals surface area contributed by atoms with Crippen molar-refractivity contribution in [3.8, 4) is 5.75 Å². The predicted octanol–water partition coefficient (Wildman–Crippen LogP) is 3.56. The van der Waals surface area contributed by atoms with Gasteiger partial charge in [-0.1, -0.05) is 46.3 Å². The number of halogens is 1. The standard InChI is InChI=1S/C20H20BrNO4/c21-15-7-4-8-16(11-15)25-13-20(24)26-12-19(23)22-18-10-3-6-14-5-1-2-9-17(14)18/h1-2,4-5,7-9,11,18H,3,6,10,12-13H2,(H,22,23). The molecule has 0 saturated carbocycles. The quantitative estimate of drug-likeness (QED) is 0.729. The second kappa shape index (κ2) is 8.85. The number of benzene rings is 2. The Morgan fingerprint density at radius 1 is 1.12 bits per heavy atom. The molecule has 5 nitrogen and oxygen atoms in total. The van der Waals surface area contributed by atoms with E-state index in [0.29, 0.717) is 5.75 Å². The molecule has 0 aliphatic heterocycles. The van der Waals surface area contributed by atoms with Gasteiger partial charge in [0.15, 0.2) is 13.2 Å². The average Bonchev–Trinajstić information content (AvgIpc) is 2.65. The molecule has 26 heavy (non-hydrogen) atoms. The normalized spacial score (nSPS) is 15.7. The summed E-state index contributed by atoms with van der Waals surface area (Å²) in [5.41, 5.74) is 2.42. The molecule has 0 aromatic heterocycles. The second-order valence-electron chi connectivity index (χ2n) is 6.12. The van der Waals surface area contributed by atoms with Gasteiger partial charge in [-0.3, -0.25) is 4.79 Å². The Morgan fingerprint density at radius 2 is 1.96 bits per heavy atom. The van der Waals surface area contributed by atoms with Crippen LogP contribution in [0.25, 0.3) is 0 Å². The molecule has 136 valence electrons. The first-order valence-corrected chi connectivity index (χ1v) is 9.32. The van der Waals surface area contributed by atoms with E-state index < -0.39 is 5.97 Å². The first-order valence-electron chi connectivity index (χ1n) is 8.53. The molecule has 6 heteroatoms. The zero-order valence-corrected chi connectivity index (χ0v) is 15.8. The number of aryl methyl sites for hydroxylation is 1.